The van der Waals surface area contributed by atoms with Gasteiger partial charge in [0.05, 0.1) is 18.2 Å². The Kier molecular flexibility index (Phi) is 5.42. The minimum atomic E-state index is -0.519. The van der Waals surface area contributed by atoms with Gasteiger partial charge in [-0.3, -0.25) is 0 Å². The van der Waals surface area contributed by atoms with Crippen molar-refractivity contribution in [3.63, 3.8) is 0 Å². The van der Waals surface area contributed by atoms with Crippen LogP contribution in [-0.4, -0.2) is 19.6 Å². The number of hydrogen-bond acceptors (Lipinski definition) is 5. The number of anilines is 1. The molecule has 6 heteroatoms. The second kappa shape index (κ2) is 8.33. The highest BCUT2D eigenvalue weighted by atomic mass is 19.1. The number of hydrogen-bond donors (Lipinski definition) is 1. The molecule has 5 nitrogen and oxygen atoms in total. The SMILES string of the molecule is CCOC(=O)c1c(-c2ccc(F)cc2)oc2cc(NC)c(-c3cccc(C#N)c3)cc12. The average Bonchev–Trinajstić information content (AvgIpc) is 3.17. The van der Waals surface area contributed by atoms with Gasteiger partial charge < -0.3 is 14.5 Å². The van der Waals surface area contributed by atoms with Crippen LogP contribution in [0.1, 0.15) is 22.8 Å². The average molecular weight is 414 g/mol. The molecule has 4 aromatic rings. The number of carbonyl (C=O) groups is 1. The predicted molar refractivity (Wildman–Crippen MR) is 117 cm³/mol. The third-order valence-corrected chi connectivity index (χ3v) is 4.99. The zero-order valence-electron chi connectivity index (χ0n) is 17.0. The van der Waals surface area contributed by atoms with Gasteiger partial charge in [-0.1, -0.05) is 12.1 Å². The third-order valence-electron chi connectivity index (χ3n) is 4.99. The molecule has 154 valence electrons. The van der Waals surface area contributed by atoms with Crippen molar-refractivity contribution in [2.24, 2.45) is 0 Å². The zero-order chi connectivity index (χ0) is 22.0. The van der Waals surface area contributed by atoms with Crippen molar-refractivity contribution in [2.75, 3.05) is 19.0 Å². The molecule has 0 bridgehead atoms. The Hall–Kier alpha value is -4.11. The number of esters is 1. The molecule has 0 fully saturated rings. The molecule has 1 N–H and O–H groups in total. The van der Waals surface area contributed by atoms with Crippen LogP contribution < -0.4 is 5.32 Å². The maximum absolute atomic E-state index is 13.4. The number of furan rings is 1. The van der Waals surface area contributed by atoms with E-state index in [2.05, 4.69) is 11.4 Å². The molecular weight excluding hydrogens is 395 g/mol. The summed E-state index contributed by atoms with van der Waals surface area (Å²) in [5.74, 6) is -0.581. The number of rotatable bonds is 5. The van der Waals surface area contributed by atoms with Crippen LogP contribution in [0, 0.1) is 17.1 Å². The highest BCUT2D eigenvalue weighted by molar-refractivity contribution is 6.10. The van der Waals surface area contributed by atoms with Gasteiger partial charge in [-0.05, 0) is 55.0 Å². The summed E-state index contributed by atoms with van der Waals surface area (Å²) in [5.41, 5.74) is 4.28. The molecule has 0 atom stereocenters. The molecule has 31 heavy (non-hydrogen) atoms. The van der Waals surface area contributed by atoms with E-state index in [0.717, 1.165) is 16.8 Å². The van der Waals surface area contributed by atoms with Crippen LogP contribution in [0.15, 0.2) is 65.1 Å². The molecular formula is C25H19FN2O3. The normalized spacial score (nSPS) is 10.6. The van der Waals surface area contributed by atoms with Crippen molar-refractivity contribution >= 4 is 22.6 Å². The first-order valence-electron chi connectivity index (χ1n) is 9.77. The molecule has 1 aromatic heterocycles. The Morgan fingerprint density at radius 1 is 1.13 bits per heavy atom. The maximum atomic E-state index is 13.4. The van der Waals surface area contributed by atoms with Gasteiger partial charge in [0.1, 0.15) is 22.7 Å². The molecule has 0 unspecified atom stereocenters. The van der Waals surface area contributed by atoms with E-state index >= 15 is 0 Å². The van der Waals surface area contributed by atoms with Crippen LogP contribution in [-0.2, 0) is 4.74 Å². The third kappa shape index (κ3) is 3.74. The fourth-order valence-corrected chi connectivity index (χ4v) is 3.56. The number of nitriles is 1. The van der Waals surface area contributed by atoms with Crippen molar-refractivity contribution in [3.8, 4) is 28.5 Å². The van der Waals surface area contributed by atoms with Gasteiger partial charge in [0.25, 0.3) is 0 Å². The van der Waals surface area contributed by atoms with E-state index < -0.39 is 5.97 Å². The Labute approximate surface area is 178 Å². The van der Waals surface area contributed by atoms with Gasteiger partial charge in [0, 0.05) is 35.3 Å². The molecule has 4 rings (SSSR count). The van der Waals surface area contributed by atoms with Crippen LogP contribution in [0.2, 0.25) is 0 Å². The van der Waals surface area contributed by atoms with Crippen LogP contribution in [0.3, 0.4) is 0 Å². The monoisotopic (exact) mass is 414 g/mol. The van der Waals surface area contributed by atoms with E-state index in [-0.39, 0.29) is 18.0 Å². The summed E-state index contributed by atoms with van der Waals surface area (Å²) < 4.78 is 24.8. The largest absolute Gasteiger partial charge is 0.462 e. The molecule has 0 aliphatic carbocycles. The standard InChI is InChI=1S/C25H19FN2O3/c1-3-30-25(29)23-20-12-19(17-6-4-5-15(11-17)14-27)21(28-2)13-22(20)31-24(23)16-7-9-18(26)10-8-16/h4-13,28H,3H2,1-2H3. The highest BCUT2D eigenvalue weighted by Gasteiger charge is 2.25. The van der Waals surface area contributed by atoms with E-state index in [1.54, 1.807) is 44.3 Å². The summed E-state index contributed by atoms with van der Waals surface area (Å²) in [4.78, 5) is 12.9. The van der Waals surface area contributed by atoms with E-state index in [9.17, 15) is 14.4 Å². The number of benzene rings is 3. The van der Waals surface area contributed by atoms with Crippen LogP contribution in [0.4, 0.5) is 10.1 Å². The molecule has 0 aliphatic rings. The number of nitrogens with one attached hydrogen (secondary N) is 1. The first-order chi connectivity index (χ1) is 15.0. The first-order valence-corrected chi connectivity index (χ1v) is 9.77. The quantitative estimate of drug-likeness (QED) is 0.406. The van der Waals surface area contributed by atoms with Crippen molar-refractivity contribution < 1.29 is 18.3 Å². The maximum Gasteiger partial charge on any atom is 0.342 e. The van der Waals surface area contributed by atoms with Crippen molar-refractivity contribution in [1.82, 2.24) is 0 Å². The summed E-state index contributed by atoms with van der Waals surface area (Å²) >= 11 is 0. The van der Waals surface area contributed by atoms with E-state index in [1.165, 1.54) is 12.1 Å². The Morgan fingerprint density at radius 3 is 2.58 bits per heavy atom. The van der Waals surface area contributed by atoms with Gasteiger partial charge in [-0.2, -0.15) is 5.26 Å². The Bertz CT molecular complexity index is 1320. The minimum Gasteiger partial charge on any atom is -0.462 e. The Balaban J connectivity index is 2.00. The topological polar surface area (TPSA) is 75.3 Å². The molecule has 0 saturated carbocycles. The second-order valence-electron chi connectivity index (χ2n) is 6.87. The number of fused-ring (bicyclic) bond motifs is 1. The van der Waals surface area contributed by atoms with E-state index in [0.29, 0.717) is 27.9 Å². The summed E-state index contributed by atoms with van der Waals surface area (Å²) in [5, 5.41) is 13.0. The lowest BCUT2D eigenvalue weighted by Gasteiger charge is -2.10. The smallest absolute Gasteiger partial charge is 0.342 e. The van der Waals surface area contributed by atoms with Gasteiger partial charge in [-0.25, -0.2) is 9.18 Å². The molecule has 0 spiro atoms. The number of carbonyl (C=O) groups excluding carboxylic acids is 1. The van der Waals surface area contributed by atoms with Gasteiger partial charge in [0.15, 0.2) is 0 Å². The van der Waals surface area contributed by atoms with E-state index in [1.807, 2.05) is 18.2 Å². The minimum absolute atomic E-state index is 0.208. The van der Waals surface area contributed by atoms with Gasteiger partial charge in [-0.15, -0.1) is 0 Å². The predicted octanol–water partition coefficient (Wildman–Crippen LogP) is 6.00. The van der Waals surface area contributed by atoms with Crippen molar-refractivity contribution in [2.45, 2.75) is 6.92 Å². The number of halogens is 1. The Morgan fingerprint density at radius 2 is 1.90 bits per heavy atom. The highest BCUT2D eigenvalue weighted by Crippen LogP contribution is 2.40. The fraction of sp³-hybridized carbons (Fsp3) is 0.120. The fourth-order valence-electron chi connectivity index (χ4n) is 3.56. The van der Waals surface area contributed by atoms with Gasteiger partial charge >= 0.3 is 5.97 Å². The van der Waals surface area contributed by atoms with Crippen molar-refractivity contribution in [3.05, 3.63) is 77.6 Å². The van der Waals surface area contributed by atoms with Crippen LogP contribution in [0.5, 0.6) is 0 Å². The lowest BCUT2D eigenvalue weighted by atomic mass is 9.98. The molecule has 0 saturated heterocycles. The molecule has 0 aliphatic heterocycles. The second-order valence-corrected chi connectivity index (χ2v) is 6.87. The molecule has 1 heterocycles. The van der Waals surface area contributed by atoms with Gasteiger partial charge in [0.2, 0.25) is 0 Å². The van der Waals surface area contributed by atoms with Crippen LogP contribution in [0.25, 0.3) is 33.4 Å². The lowest BCUT2D eigenvalue weighted by molar-refractivity contribution is 0.0528. The summed E-state index contributed by atoms with van der Waals surface area (Å²) in [6.45, 7) is 1.94. The van der Waals surface area contributed by atoms with E-state index in [4.69, 9.17) is 9.15 Å². The first kappa shape index (κ1) is 20.2. The number of nitrogens with zero attached hydrogens (tertiary/aromatic N) is 1. The molecule has 0 amide bonds. The summed E-state index contributed by atoms with van der Waals surface area (Å²) in [6, 6.07) is 18.8. The zero-order valence-corrected chi connectivity index (χ0v) is 17.0. The number of ether oxygens (including phenoxy) is 1. The molecule has 3 aromatic carbocycles. The lowest BCUT2D eigenvalue weighted by Crippen LogP contribution is -2.05. The summed E-state index contributed by atoms with van der Waals surface area (Å²) in [7, 11) is 1.79. The van der Waals surface area contributed by atoms with Crippen molar-refractivity contribution in [1.29, 1.82) is 5.26 Å². The summed E-state index contributed by atoms with van der Waals surface area (Å²) in [6.07, 6.45) is 0. The van der Waals surface area contributed by atoms with Crippen LogP contribution >= 0.6 is 0 Å². The molecule has 0 radical (unpaired) electrons.